The van der Waals surface area contributed by atoms with Crippen molar-refractivity contribution in [3.63, 3.8) is 0 Å². The van der Waals surface area contributed by atoms with Crippen LogP contribution in [0.15, 0.2) is 47.5 Å². The molecule has 1 atom stereocenters. The molecule has 0 spiro atoms. The highest BCUT2D eigenvalue weighted by Crippen LogP contribution is 2.32. The molecule has 3 rings (SSSR count). The minimum atomic E-state index is -0.565. The van der Waals surface area contributed by atoms with Crippen LogP contribution in [-0.4, -0.2) is 29.2 Å². The molecular weight excluding hydrogens is 395 g/mol. The Hall–Kier alpha value is -2.02. The first-order valence-corrected chi connectivity index (χ1v) is 9.29. The maximum atomic E-state index is 12.3. The van der Waals surface area contributed by atoms with Crippen LogP contribution in [0.5, 0.6) is 5.75 Å². The summed E-state index contributed by atoms with van der Waals surface area (Å²) in [6, 6.07) is 12.2. The topological polar surface area (TPSA) is 67.8 Å². The van der Waals surface area contributed by atoms with Gasteiger partial charge in [-0.2, -0.15) is 0 Å². The Balaban J connectivity index is 1.63. The number of methoxy groups -OCH3 is 1. The molecule has 1 aliphatic heterocycles. The van der Waals surface area contributed by atoms with Crippen molar-refractivity contribution in [2.24, 2.45) is 4.99 Å². The normalized spacial score (nSPS) is 16.3. The maximum absolute atomic E-state index is 12.3. The summed E-state index contributed by atoms with van der Waals surface area (Å²) in [5.74, 6) is 0.0670. The Bertz CT molecular complexity index is 885. The molecule has 0 saturated heterocycles. The molecule has 2 amide bonds. The Kier molecular flexibility index (Phi) is 5.86. The lowest BCUT2D eigenvalue weighted by molar-refractivity contribution is -0.121. The van der Waals surface area contributed by atoms with Gasteiger partial charge in [-0.3, -0.25) is 9.59 Å². The summed E-state index contributed by atoms with van der Waals surface area (Å²) in [7, 11) is 1.58. The maximum Gasteiger partial charge on any atom is 0.260 e. The van der Waals surface area contributed by atoms with Gasteiger partial charge < -0.3 is 10.1 Å². The quantitative estimate of drug-likeness (QED) is 0.794. The van der Waals surface area contributed by atoms with Crippen molar-refractivity contribution in [3.05, 3.63) is 58.1 Å². The van der Waals surface area contributed by atoms with E-state index in [1.807, 2.05) is 12.1 Å². The van der Waals surface area contributed by atoms with E-state index in [0.29, 0.717) is 15.8 Å². The monoisotopic (exact) mass is 408 g/mol. The highest BCUT2D eigenvalue weighted by atomic mass is 35.5. The first-order chi connectivity index (χ1) is 12.5. The molecule has 2 aromatic rings. The third-order valence-corrected chi connectivity index (χ3v) is 5.70. The predicted octanol–water partition coefficient (Wildman–Crippen LogP) is 4.42. The van der Waals surface area contributed by atoms with Crippen molar-refractivity contribution >= 4 is 57.5 Å². The van der Waals surface area contributed by atoms with Crippen molar-refractivity contribution < 1.29 is 14.3 Å². The molecule has 0 bridgehead atoms. The molecule has 1 aliphatic rings. The van der Waals surface area contributed by atoms with Crippen molar-refractivity contribution in [1.29, 1.82) is 0 Å². The first kappa shape index (κ1) is 18.8. The van der Waals surface area contributed by atoms with E-state index in [1.54, 1.807) is 37.4 Å². The first-order valence-electron chi connectivity index (χ1n) is 7.65. The van der Waals surface area contributed by atoms with E-state index in [1.165, 1.54) is 11.8 Å². The van der Waals surface area contributed by atoms with Gasteiger partial charge in [-0.1, -0.05) is 41.0 Å². The summed E-state index contributed by atoms with van der Waals surface area (Å²) in [6.45, 7) is 0. The van der Waals surface area contributed by atoms with Crippen LogP contribution >= 0.6 is 35.0 Å². The van der Waals surface area contributed by atoms with E-state index in [4.69, 9.17) is 27.9 Å². The van der Waals surface area contributed by atoms with Gasteiger partial charge in [0.05, 0.1) is 22.8 Å². The fourth-order valence-electron chi connectivity index (χ4n) is 2.35. The van der Waals surface area contributed by atoms with Crippen molar-refractivity contribution in [2.45, 2.75) is 11.7 Å². The van der Waals surface area contributed by atoms with Crippen LogP contribution in [-0.2, 0) is 9.59 Å². The minimum Gasteiger partial charge on any atom is -0.497 e. The molecule has 5 nitrogen and oxygen atoms in total. The lowest BCUT2D eigenvalue weighted by Crippen LogP contribution is -2.21. The zero-order chi connectivity index (χ0) is 18.7. The van der Waals surface area contributed by atoms with Crippen LogP contribution in [0.4, 0.5) is 5.69 Å². The Morgan fingerprint density at radius 1 is 1.23 bits per heavy atom. The van der Waals surface area contributed by atoms with Gasteiger partial charge in [0.25, 0.3) is 5.91 Å². The van der Waals surface area contributed by atoms with Crippen LogP contribution in [0.3, 0.4) is 0 Å². The van der Waals surface area contributed by atoms with Gasteiger partial charge in [-0.15, -0.1) is 0 Å². The molecule has 1 heterocycles. The molecule has 2 aromatic carbocycles. The smallest absolute Gasteiger partial charge is 0.260 e. The fraction of sp³-hybridized carbons (Fsp3) is 0.167. The number of rotatable bonds is 5. The van der Waals surface area contributed by atoms with E-state index in [2.05, 4.69) is 10.3 Å². The highest BCUT2D eigenvalue weighted by Gasteiger charge is 2.31. The number of nitrogens with one attached hydrogen (secondary N) is 1. The average Bonchev–Trinajstić information content (AvgIpc) is 2.99. The summed E-state index contributed by atoms with van der Waals surface area (Å²) in [5.41, 5.74) is 1.22. The molecule has 134 valence electrons. The third-order valence-electron chi connectivity index (χ3n) is 3.67. The Morgan fingerprint density at radius 2 is 1.96 bits per heavy atom. The second-order valence-electron chi connectivity index (χ2n) is 5.44. The number of nitrogens with zero attached hydrogens (tertiary/aromatic N) is 1. The summed E-state index contributed by atoms with van der Waals surface area (Å²) in [5, 5.41) is 3.32. The lowest BCUT2D eigenvalue weighted by atomic mass is 10.2. The highest BCUT2D eigenvalue weighted by molar-refractivity contribution is 8.16. The van der Waals surface area contributed by atoms with Gasteiger partial charge in [-0.05, 0) is 36.4 Å². The van der Waals surface area contributed by atoms with Crippen molar-refractivity contribution in [1.82, 2.24) is 0 Å². The van der Waals surface area contributed by atoms with Crippen LogP contribution in [0, 0.1) is 0 Å². The lowest BCUT2D eigenvalue weighted by Gasteiger charge is -2.10. The molecular formula is C18H14Cl2N2O3S. The van der Waals surface area contributed by atoms with Crippen LogP contribution in [0.1, 0.15) is 12.0 Å². The number of hydrogen-bond donors (Lipinski definition) is 1. The summed E-state index contributed by atoms with van der Waals surface area (Å²) in [4.78, 5) is 28.4. The van der Waals surface area contributed by atoms with Crippen molar-refractivity contribution in [3.8, 4) is 5.75 Å². The van der Waals surface area contributed by atoms with Crippen LogP contribution in [0.25, 0.3) is 0 Å². The van der Waals surface area contributed by atoms with E-state index < -0.39 is 5.25 Å². The van der Waals surface area contributed by atoms with E-state index in [0.717, 1.165) is 11.3 Å². The molecule has 0 aromatic heterocycles. The van der Waals surface area contributed by atoms with Crippen LogP contribution in [0.2, 0.25) is 10.0 Å². The molecule has 1 N–H and O–H groups in total. The number of amides is 2. The van der Waals surface area contributed by atoms with Gasteiger partial charge in [0.15, 0.2) is 0 Å². The van der Waals surface area contributed by atoms with Crippen molar-refractivity contribution in [2.75, 3.05) is 12.4 Å². The summed E-state index contributed by atoms with van der Waals surface area (Å²) >= 11 is 13.3. The van der Waals surface area contributed by atoms with E-state index in [9.17, 15) is 9.59 Å². The number of carbonyl (C=O) groups excluding carboxylic acids is 2. The van der Waals surface area contributed by atoms with Crippen LogP contribution < -0.4 is 10.1 Å². The number of thioether (sulfide) groups is 1. The molecule has 0 aliphatic carbocycles. The number of carbonyl (C=O) groups is 2. The summed E-state index contributed by atoms with van der Waals surface area (Å²) < 4.78 is 5.11. The Labute approximate surface area is 164 Å². The largest absolute Gasteiger partial charge is 0.497 e. The molecule has 26 heavy (non-hydrogen) atoms. The number of hydrogen-bond acceptors (Lipinski definition) is 4. The van der Waals surface area contributed by atoms with Gasteiger partial charge in [0.2, 0.25) is 5.91 Å². The Morgan fingerprint density at radius 3 is 2.65 bits per heavy atom. The number of benzene rings is 2. The van der Waals surface area contributed by atoms with Gasteiger partial charge in [-0.25, -0.2) is 4.99 Å². The number of anilines is 1. The SMILES string of the molecule is COc1ccc(C2=NC(=O)[C@@H](CC(=O)Nc3cccc(Cl)c3Cl)S2)cc1. The molecule has 0 unspecified atom stereocenters. The van der Waals surface area contributed by atoms with Gasteiger partial charge in [0, 0.05) is 12.0 Å². The molecule has 0 radical (unpaired) electrons. The second-order valence-corrected chi connectivity index (χ2v) is 7.42. The molecule has 0 fully saturated rings. The fourth-order valence-corrected chi connectivity index (χ4v) is 3.77. The van der Waals surface area contributed by atoms with Gasteiger partial charge >= 0.3 is 0 Å². The second kappa shape index (κ2) is 8.12. The number of ether oxygens (including phenoxy) is 1. The van der Waals surface area contributed by atoms with E-state index in [-0.39, 0.29) is 23.3 Å². The number of aliphatic imine (C=N–C) groups is 1. The summed E-state index contributed by atoms with van der Waals surface area (Å²) in [6.07, 6.45) is -0.00447. The van der Waals surface area contributed by atoms with E-state index >= 15 is 0 Å². The molecule has 0 saturated carbocycles. The zero-order valence-corrected chi connectivity index (χ0v) is 16.0. The van der Waals surface area contributed by atoms with Gasteiger partial charge in [0.1, 0.15) is 16.0 Å². The standard InChI is InChI=1S/C18H14Cl2N2O3S/c1-25-11-7-5-10(6-8-11)18-22-17(24)14(26-18)9-15(23)21-13-4-2-3-12(19)16(13)20/h2-8,14H,9H2,1H3,(H,21,23)/t14-/m1/s1. The number of halogens is 2. The average molecular weight is 409 g/mol. The predicted molar refractivity (Wildman–Crippen MR) is 106 cm³/mol. The third kappa shape index (κ3) is 4.20. The molecule has 8 heteroatoms. The minimum absolute atomic E-state index is 0.00447. The zero-order valence-electron chi connectivity index (χ0n) is 13.7.